The first-order valence-corrected chi connectivity index (χ1v) is 15.0. The van der Waals surface area contributed by atoms with Crippen molar-refractivity contribution in [2.75, 3.05) is 0 Å². The van der Waals surface area contributed by atoms with Gasteiger partial charge in [0.15, 0.2) is 0 Å². The van der Waals surface area contributed by atoms with E-state index >= 15 is 0 Å². The number of ether oxygens (including phenoxy) is 1. The zero-order chi connectivity index (χ0) is 29.4. The minimum atomic E-state index is -4.94. The average molecular weight is 593 g/mol. The predicted molar refractivity (Wildman–Crippen MR) is 157 cm³/mol. The fourth-order valence-corrected chi connectivity index (χ4v) is 5.47. The molecule has 0 N–H and O–H groups in total. The molecular formula is C35H25ClO5S. The van der Waals surface area contributed by atoms with Crippen LogP contribution < -0.4 is 18.6 Å². The van der Waals surface area contributed by atoms with Crippen LogP contribution >= 0.6 is 11.3 Å². The minimum absolute atomic E-state index is 0.848. The van der Waals surface area contributed by atoms with E-state index in [0.29, 0.717) is 0 Å². The summed E-state index contributed by atoms with van der Waals surface area (Å²) in [5.41, 5.74) is 6.85. The summed E-state index contributed by atoms with van der Waals surface area (Å²) in [5.74, 6) is 1.70. The van der Waals surface area contributed by atoms with Crippen molar-refractivity contribution in [3.05, 3.63) is 167 Å². The smallest absolute Gasteiger partial charge is 0.239 e. The van der Waals surface area contributed by atoms with Crippen LogP contribution in [-0.4, -0.2) is 0 Å². The summed E-state index contributed by atoms with van der Waals surface area (Å²) < 4.78 is 40.4. The first-order chi connectivity index (χ1) is 20.3. The summed E-state index contributed by atoms with van der Waals surface area (Å²) in [7, 11) is -4.94. The van der Waals surface area contributed by atoms with Gasteiger partial charge in [0.25, 0.3) is 0 Å². The van der Waals surface area contributed by atoms with Gasteiger partial charge in [-0.1, -0.05) is 109 Å². The zero-order valence-corrected chi connectivity index (χ0v) is 23.8. The quantitative estimate of drug-likeness (QED) is 0.264. The molecule has 1 aliphatic heterocycles. The number of rotatable bonds is 5. The number of hydrogen-bond donors (Lipinski definition) is 0. The number of benzene rings is 4. The lowest BCUT2D eigenvalue weighted by Gasteiger charge is -2.18. The van der Waals surface area contributed by atoms with Gasteiger partial charge >= 0.3 is 0 Å². The Kier molecular flexibility index (Phi) is 9.36. The highest BCUT2D eigenvalue weighted by atomic mass is 35.7. The molecular weight excluding hydrogens is 568 g/mol. The molecule has 0 amide bonds. The van der Waals surface area contributed by atoms with Gasteiger partial charge in [-0.2, -0.15) is 0 Å². The van der Waals surface area contributed by atoms with Crippen molar-refractivity contribution in [1.82, 2.24) is 0 Å². The van der Waals surface area contributed by atoms with Gasteiger partial charge in [0.2, 0.25) is 21.1 Å². The van der Waals surface area contributed by atoms with Gasteiger partial charge in [-0.05, 0) is 41.0 Å². The highest BCUT2D eigenvalue weighted by Crippen LogP contribution is 2.36. The van der Waals surface area contributed by atoms with E-state index < -0.39 is 10.2 Å². The molecule has 208 valence electrons. The lowest BCUT2D eigenvalue weighted by molar-refractivity contribution is -2.00. The molecule has 4 aromatic carbocycles. The maximum absolute atomic E-state index is 8.49. The molecule has 0 radical (unpaired) electrons. The van der Waals surface area contributed by atoms with E-state index in [1.54, 1.807) is 11.3 Å². The molecule has 6 rings (SSSR count). The fraction of sp³-hybridized carbons (Fsp3) is 0. The van der Waals surface area contributed by atoms with Crippen LogP contribution in [0.25, 0.3) is 39.2 Å². The highest BCUT2D eigenvalue weighted by molar-refractivity contribution is 7.16. The molecule has 0 saturated heterocycles. The van der Waals surface area contributed by atoms with Gasteiger partial charge in [0, 0.05) is 34.9 Å². The van der Waals surface area contributed by atoms with Gasteiger partial charge in [-0.15, -0.1) is 10.2 Å². The fourth-order valence-electron chi connectivity index (χ4n) is 4.39. The first-order valence-electron chi connectivity index (χ1n) is 13.0. The van der Waals surface area contributed by atoms with Crippen LogP contribution in [0.1, 0.15) is 16.0 Å². The molecule has 5 aromatic rings. The van der Waals surface area contributed by atoms with E-state index in [1.807, 2.05) is 36.4 Å². The minimum Gasteiger partial charge on any atom is -0.456 e. The molecule has 1 aromatic heterocycles. The number of hydrogen-bond acceptors (Lipinski definition) is 5. The van der Waals surface area contributed by atoms with E-state index in [0.717, 1.165) is 28.2 Å². The van der Waals surface area contributed by atoms with E-state index in [2.05, 4.69) is 115 Å². The topological polar surface area (TPSA) is 101 Å². The third kappa shape index (κ3) is 8.31. The molecule has 2 heterocycles. The molecule has 0 bridgehead atoms. The molecule has 0 fully saturated rings. The Hall–Kier alpha value is -4.40. The molecule has 7 heteroatoms. The van der Waals surface area contributed by atoms with Crippen molar-refractivity contribution in [2.24, 2.45) is 0 Å². The molecule has 0 atom stereocenters. The van der Waals surface area contributed by atoms with Crippen molar-refractivity contribution >= 4 is 28.9 Å². The zero-order valence-electron chi connectivity index (χ0n) is 22.3. The Morgan fingerprint density at radius 1 is 0.500 bits per heavy atom. The van der Waals surface area contributed by atoms with E-state index in [9.17, 15) is 0 Å². The number of halogens is 1. The average Bonchev–Trinajstić information content (AvgIpc) is 3.02. The summed E-state index contributed by atoms with van der Waals surface area (Å²) in [6.45, 7) is 0. The maximum Gasteiger partial charge on any atom is 0.239 e. The summed E-state index contributed by atoms with van der Waals surface area (Å²) in [6.07, 6.45) is 6.52. The van der Waals surface area contributed by atoms with Crippen LogP contribution in [0.15, 0.2) is 151 Å². The Bertz CT molecular complexity index is 1590. The van der Waals surface area contributed by atoms with Gasteiger partial charge in [-0.3, -0.25) is 0 Å². The Balaban J connectivity index is 0.000000652. The third-order valence-corrected chi connectivity index (χ3v) is 7.26. The van der Waals surface area contributed by atoms with Crippen molar-refractivity contribution in [1.29, 1.82) is 0 Å². The number of allylic oxidation sites excluding steroid dienone is 3. The molecule has 1 aliphatic rings. The second-order valence-electron chi connectivity index (χ2n) is 9.22. The molecule has 5 nitrogen and oxygen atoms in total. The monoisotopic (exact) mass is 592 g/mol. The van der Waals surface area contributed by atoms with Gasteiger partial charge in [-0.25, -0.2) is 18.6 Å². The molecule has 42 heavy (non-hydrogen) atoms. The second-order valence-corrected chi connectivity index (χ2v) is 11.1. The first kappa shape index (κ1) is 29.1. The second kappa shape index (κ2) is 13.5. The van der Waals surface area contributed by atoms with Crippen LogP contribution in [0.4, 0.5) is 0 Å². The SMILES string of the molecule is C(=C1C=C(c2ccccc2)OC(c2ccccc2)=C1)c1cc(-c2ccccc2)cc(-c2ccccc2)[s+]1.[O-][Cl+3]([O-])([O-])[O-]. The van der Waals surface area contributed by atoms with Crippen LogP contribution in [0, 0.1) is 10.2 Å². The normalized spacial score (nSPS) is 12.7. The van der Waals surface area contributed by atoms with Crippen molar-refractivity contribution in [3.63, 3.8) is 0 Å². The van der Waals surface area contributed by atoms with Crippen LogP contribution in [0.2, 0.25) is 0 Å². The third-order valence-electron chi connectivity index (χ3n) is 6.22. The summed E-state index contributed by atoms with van der Waals surface area (Å²) in [5, 5.41) is 0. The largest absolute Gasteiger partial charge is 0.456 e. The van der Waals surface area contributed by atoms with E-state index in [4.69, 9.17) is 23.4 Å². The molecule has 0 spiro atoms. The summed E-state index contributed by atoms with van der Waals surface area (Å²) >= 11 is 1.80. The van der Waals surface area contributed by atoms with Crippen LogP contribution in [-0.2, 0) is 4.74 Å². The maximum atomic E-state index is 8.49. The molecule has 0 saturated carbocycles. The predicted octanol–water partition coefficient (Wildman–Crippen LogP) is 5.10. The lowest BCUT2D eigenvalue weighted by atomic mass is 10.0. The Labute approximate surface area is 250 Å². The van der Waals surface area contributed by atoms with E-state index in [-0.39, 0.29) is 0 Å². The lowest BCUT2D eigenvalue weighted by Crippen LogP contribution is -2.68. The van der Waals surface area contributed by atoms with Gasteiger partial charge < -0.3 is 4.74 Å². The standard InChI is InChI=1S/C35H25OS.ClHO4/c1-5-13-27(14-6-1)31-24-32(37-35(25-31)30-19-11-4-12-20-30)21-26-22-33(28-15-7-2-8-16-28)36-34(23-26)29-17-9-3-10-18-29;2-1(3,4)5/h1-25H;(H,2,3,4,5)/q+1;/p-1. The van der Waals surface area contributed by atoms with Crippen LogP contribution in [0.5, 0.6) is 0 Å². The summed E-state index contributed by atoms with van der Waals surface area (Å²) in [6, 6.07) is 46.3. The van der Waals surface area contributed by atoms with Gasteiger partial charge in [0.05, 0.1) is 0 Å². The van der Waals surface area contributed by atoms with Crippen molar-refractivity contribution in [2.45, 2.75) is 0 Å². The highest BCUT2D eigenvalue weighted by Gasteiger charge is 2.19. The van der Waals surface area contributed by atoms with Gasteiger partial charge in [0.1, 0.15) is 11.5 Å². The van der Waals surface area contributed by atoms with E-state index in [1.165, 1.54) is 26.4 Å². The molecule has 0 aliphatic carbocycles. The van der Waals surface area contributed by atoms with Crippen molar-refractivity contribution < 1.29 is 33.6 Å². The van der Waals surface area contributed by atoms with Crippen molar-refractivity contribution in [3.8, 4) is 21.6 Å². The Morgan fingerprint density at radius 2 is 0.905 bits per heavy atom. The Morgan fingerprint density at radius 3 is 1.36 bits per heavy atom. The summed E-state index contributed by atoms with van der Waals surface area (Å²) in [4.78, 5) is 2.42. The molecule has 0 unspecified atom stereocenters. The van der Waals surface area contributed by atoms with Crippen LogP contribution in [0.3, 0.4) is 0 Å².